The third-order valence-electron chi connectivity index (χ3n) is 6.06. The smallest absolute Gasteiger partial charge is 0.247 e. The Morgan fingerprint density at radius 3 is 2.64 bits per heavy atom. The molecule has 2 heterocycles. The largest absolute Gasteiger partial charge is 0.350 e. The van der Waals surface area contributed by atoms with E-state index in [1.165, 1.54) is 22.6 Å². The minimum Gasteiger partial charge on any atom is -0.350 e. The van der Waals surface area contributed by atoms with Crippen molar-refractivity contribution in [1.29, 1.82) is 0 Å². The monoisotopic (exact) mass is 466 g/mol. The standard InChI is InChI=1S/C24H30N6O2S/c1-2-20(24(32)25-16-18-10-5-3-6-11-18)30(19-12-7-4-8-13-19)22(31)17-29-27-23(26-28-29)21-14-9-15-33-21/h3,5-6,9-11,14-15,19-20H,2,4,7-8,12-13,16-17H2,1H3,(H,25,32). The third-order valence-corrected chi connectivity index (χ3v) is 6.93. The second-order valence-electron chi connectivity index (χ2n) is 8.34. The topological polar surface area (TPSA) is 93.0 Å². The van der Waals surface area contributed by atoms with Gasteiger partial charge in [0.1, 0.15) is 12.6 Å². The number of aromatic nitrogens is 4. The predicted molar refractivity (Wildman–Crippen MR) is 127 cm³/mol. The highest BCUT2D eigenvalue weighted by Gasteiger charge is 2.35. The fourth-order valence-electron chi connectivity index (χ4n) is 4.42. The maximum Gasteiger partial charge on any atom is 0.247 e. The lowest BCUT2D eigenvalue weighted by Crippen LogP contribution is -2.55. The average molecular weight is 467 g/mol. The lowest BCUT2D eigenvalue weighted by molar-refractivity contribution is -0.145. The van der Waals surface area contributed by atoms with Gasteiger partial charge in [-0.15, -0.1) is 21.5 Å². The van der Waals surface area contributed by atoms with Gasteiger partial charge in [-0.3, -0.25) is 9.59 Å². The Morgan fingerprint density at radius 2 is 1.94 bits per heavy atom. The van der Waals surface area contributed by atoms with Gasteiger partial charge in [0.15, 0.2) is 0 Å². The van der Waals surface area contributed by atoms with Crippen molar-refractivity contribution >= 4 is 23.2 Å². The molecule has 33 heavy (non-hydrogen) atoms. The Kier molecular flexibility index (Phi) is 7.83. The predicted octanol–water partition coefficient (Wildman–Crippen LogP) is 3.66. The van der Waals surface area contributed by atoms with Crippen LogP contribution in [0.1, 0.15) is 51.0 Å². The number of amides is 2. The summed E-state index contributed by atoms with van der Waals surface area (Å²) in [5.41, 5.74) is 1.03. The van der Waals surface area contributed by atoms with E-state index in [0.29, 0.717) is 18.8 Å². The van der Waals surface area contributed by atoms with Crippen LogP contribution in [0.5, 0.6) is 0 Å². The van der Waals surface area contributed by atoms with E-state index in [9.17, 15) is 9.59 Å². The average Bonchev–Trinajstić information content (AvgIpc) is 3.54. The molecule has 1 aromatic carbocycles. The molecule has 0 aliphatic heterocycles. The van der Waals surface area contributed by atoms with Crippen molar-refractivity contribution < 1.29 is 9.59 Å². The zero-order valence-electron chi connectivity index (χ0n) is 18.9. The van der Waals surface area contributed by atoms with E-state index in [4.69, 9.17) is 0 Å². The van der Waals surface area contributed by atoms with Crippen LogP contribution in [-0.2, 0) is 22.7 Å². The highest BCUT2D eigenvalue weighted by Crippen LogP contribution is 2.26. The minimum absolute atomic E-state index is 0.0304. The summed E-state index contributed by atoms with van der Waals surface area (Å²) in [6.45, 7) is 2.37. The van der Waals surface area contributed by atoms with Crippen molar-refractivity contribution in [2.24, 2.45) is 0 Å². The molecule has 3 aromatic rings. The number of nitrogens with one attached hydrogen (secondary N) is 1. The molecule has 0 bridgehead atoms. The number of carbonyl (C=O) groups excluding carboxylic acids is 2. The van der Waals surface area contributed by atoms with E-state index in [1.54, 1.807) is 4.90 Å². The molecule has 9 heteroatoms. The first-order chi connectivity index (χ1) is 16.2. The van der Waals surface area contributed by atoms with Crippen molar-refractivity contribution in [2.75, 3.05) is 0 Å². The Balaban J connectivity index is 1.49. The summed E-state index contributed by atoms with van der Waals surface area (Å²) in [4.78, 5) is 30.7. The van der Waals surface area contributed by atoms with E-state index in [1.807, 2.05) is 54.8 Å². The lowest BCUT2D eigenvalue weighted by atomic mass is 9.92. The quantitative estimate of drug-likeness (QED) is 0.520. The summed E-state index contributed by atoms with van der Waals surface area (Å²) in [5.74, 6) is 0.250. The van der Waals surface area contributed by atoms with Crippen LogP contribution in [0.25, 0.3) is 10.7 Å². The summed E-state index contributed by atoms with van der Waals surface area (Å²) < 4.78 is 0. The second-order valence-corrected chi connectivity index (χ2v) is 9.29. The summed E-state index contributed by atoms with van der Waals surface area (Å²) in [6.07, 6.45) is 5.69. The zero-order valence-corrected chi connectivity index (χ0v) is 19.7. The van der Waals surface area contributed by atoms with Crippen molar-refractivity contribution in [3.05, 3.63) is 53.4 Å². The molecule has 4 rings (SSSR count). The molecule has 1 aliphatic carbocycles. The Hall–Kier alpha value is -3.07. The van der Waals surface area contributed by atoms with E-state index in [2.05, 4.69) is 20.7 Å². The van der Waals surface area contributed by atoms with Gasteiger partial charge in [-0.05, 0) is 41.5 Å². The van der Waals surface area contributed by atoms with Crippen LogP contribution in [0.3, 0.4) is 0 Å². The van der Waals surface area contributed by atoms with Crippen molar-refractivity contribution in [3.63, 3.8) is 0 Å². The number of benzene rings is 1. The number of carbonyl (C=O) groups is 2. The molecular weight excluding hydrogens is 436 g/mol. The number of nitrogens with zero attached hydrogens (tertiary/aromatic N) is 5. The van der Waals surface area contributed by atoms with Gasteiger partial charge in [-0.25, -0.2) is 0 Å². The Bertz CT molecular complexity index is 1030. The number of tetrazole rings is 1. The van der Waals surface area contributed by atoms with E-state index in [0.717, 1.165) is 36.1 Å². The Morgan fingerprint density at radius 1 is 1.15 bits per heavy atom. The fraction of sp³-hybridized carbons (Fsp3) is 0.458. The van der Waals surface area contributed by atoms with E-state index >= 15 is 0 Å². The number of rotatable bonds is 9. The van der Waals surface area contributed by atoms with Crippen molar-refractivity contribution in [3.8, 4) is 10.7 Å². The maximum absolute atomic E-state index is 13.5. The molecule has 1 atom stereocenters. The van der Waals surface area contributed by atoms with Gasteiger partial charge < -0.3 is 10.2 Å². The summed E-state index contributed by atoms with van der Waals surface area (Å²) >= 11 is 1.53. The molecule has 1 aliphatic rings. The summed E-state index contributed by atoms with van der Waals surface area (Å²) in [7, 11) is 0. The molecule has 1 saturated carbocycles. The molecule has 0 spiro atoms. The molecule has 2 aromatic heterocycles. The maximum atomic E-state index is 13.5. The SMILES string of the molecule is CCC(C(=O)NCc1ccccc1)N(C(=O)Cn1nnc(-c2cccs2)n1)C1CCCCC1. The Labute approximate surface area is 198 Å². The molecule has 174 valence electrons. The molecule has 0 saturated heterocycles. The van der Waals surface area contributed by atoms with Gasteiger partial charge in [-0.1, -0.05) is 62.6 Å². The van der Waals surface area contributed by atoms with Gasteiger partial charge in [0.25, 0.3) is 0 Å². The fourth-order valence-corrected chi connectivity index (χ4v) is 5.07. The van der Waals surface area contributed by atoms with Crippen LogP contribution in [0.15, 0.2) is 47.8 Å². The van der Waals surface area contributed by atoms with E-state index < -0.39 is 6.04 Å². The first-order valence-electron chi connectivity index (χ1n) is 11.6. The van der Waals surface area contributed by atoms with Crippen LogP contribution in [0.2, 0.25) is 0 Å². The number of hydrogen-bond donors (Lipinski definition) is 1. The van der Waals surface area contributed by atoms with Crippen molar-refractivity contribution in [2.45, 2.75) is 70.6 Å². The van der Waals surface area contributed by atoms with Gasteiger partial charge in [-0.2, -0.15) is 4.80 Å². The normalized spacial score (nSPS) is 15.2. The highest BCUT2D eigenvalue weighted by atomic mass is 32.1. The van der Waals surface area contributed by atoms with E-state index in [-0.39, 0.29) is 24.4 Å². The molecular formula is C24H30N6O2S. The molecule has 2 amide bonds. The second kappa shape index (κ2) is 11.2. The summed E-state index contributed by atoms with van der Waals surface area (Å²) in [5, 5.41) is 17.5. The van der Waals surface area contributed by atoms with Gasteiger partial charge in [0.05, 0.1) is 4.88 Å². The first kappa shape index (κ1) is 23.1. The first-order valence-corrected chi connectivity index (χ1v) is 12.5. The van der Waals surface area contributed by atoms with Crippen LogP contribution in [-0.4, -0.2) is 49.0 Å². The number of thiophene rings is 1. The highest BCUT2D eigenvalue weighted by molar-refractivity contribution is 7.13. The van der Waals surface area contributed by atoms with Gasteiger partial charge in [0.2, 0.25) is 17.6 Å². The van der Waals surface area contributed by atoms with Crippen LogP contribution >= 0.6 is 11.3 Å². The molecule has 1 fully saturated rings. The van der Waals surface area contributed by atoms with Crippen LogP contribution < -0.4 is 5.32 Å². The lowest BCUT2D eigenvalue weighted by Gasteiger charge is -2.39. The zero-order chi connectivity index (χ0) is 23.0. The van der Waals surface area contributed by atoms with Crippen LogP contribution in [0.4, 0.5) is 0 Å². The molecule has 8 nitrogen and oxygen atoms in total. The van der Waals surface area contributed by atoms with Gasteiger partial charge in [0, 0.05) is 12.6 Å². The molecule has 0 radical (unpaired) electrons. The minimum atomic E-state index is -0.524. The summed E-state index contributed by atoms with van der Waals surface area (Å²) in [6, 6.07) is 13.2. The third kappa shape index (κ3) is 5.84. The van der Waals surface area contributed by atoms with Crippen molar-refractivity contribution in [1.82, 2.24) is 30.4 Å². The van der Waals surface area contributed by atoms with Crippen LogP contribution in [0, 0.1) is 0 Å². The molecule has 1 unspecified atom stereocenters. The number of hydrogen-bond acceptors (Lipinski definition) is 6. The van der Waals surface area contributed by atoms with Gasteiger partial charge >= 0.3 is 0 Å². The molecule has 1 N–H and O–H groups in total.